The van der Waals surface area contributed by atoms with Crippen LogP contribution in [0.15, 0.2) is 59.7 Å². The van der Waals surface area contributed by atoms with Gasteiger partial charge < -0.3 is 31.9 Å². The van der Waals surface area contributed by atoms with Gasteiger partial charge in [0.1, 0.15) is 32.6 Å². The third kappa shape index (κ3) is 13.3. The summed E-state index contributed by atoms with van der Waals surface area (Å²) < 4.78 is 23.8. The summed E-state index contributed by atoms with van der Waals surface area (Å²) in [4.78, 5) is 42.7. The van der Waals surface area contributed by atoms with Crippen LogP contribution in [0, 0.1) is 11.4 Å². The Hall–Kier alpha value is -4.01. The Kier molecular flexibility index (Phi) is 14.9. The number of carbonyl (C=O) groups excluding carboxylic acids is 3. The Morgan fingerprint density at radius 2 is 1.44 bits per heavy atom. The van der Waals surface area contributed by atoms with E-state index in [1.807, 2.05) is 19.9 Å². The van der Waals surface area contributed by atoms with E-state index in [9.17, 15) is 33.0 Å². The second-order valence-corrected chi connectivity index (χ2v) is 13.5. The molecular weight excluding hydrogens is 602 g/mol. The van der Waals surface area contributed by atoms with E-state index in [0.717, 1.165) is 17.4 Å². The lowest BCUT2D eigenvalue weighted by Gasteiger charge is -2.27. The van der Waals surface area contributed by atoms with Gasteiger partial charge in [-0.05, 0) is 35.4 Å². The zero-order valence-electron chi connectivity index (χ0n) is 25.7. The number of aliphatic hydroxyl groups excluding tert-OH is 2. The Bertz CT molecular complexity index is 1420. The molecule has 15 heteroatoms. The van der Waals surface area contributed by atoms with Crippen molar-refractivity contribution < 1.29 is 33.0 Å². The van der Waals surface area contributed by atoms with Gasteiger partial charge in [0.05, 0.1) is 24.5 Å². The molecule has 0 bridgehead atoms. The summed E-state index contributed by atoms with van der Waals surface area (Å²) in [5.41, 5.74) is 15.1. The monoisotopic (exact) mass is 646 g/mol. The number of sulfone groups is 1. The highest BCUT2D eigenvalue weighted by Gasteiger charge is 2.33. The van der Waals surface area contributed by atoms with Crippen molar-refractivity contribution in [1.29, 1.82) is 5.53 Å². The average molecular weight is 647 g/mol. The normalized spacial score (nSPS) is 14.7. The Labute approximate surface area is 263 Å². The molecule has 2 aromatic carbocycles. The van der Waals surface area contributed by atoms with Gasteiger partial charge in [-0.15, -0.1) is 0 Å². The second kappa shape index (κ2) is 18.1. The second-order valence-electron chi connectivity index (χ2n) is 11.4. The first kappa shape index (κ1) is 37.2. The van der Waals surface area contributed by atoms with Crippen molar-refractivity contribution in [2.75, 3.05) is 18.6 Å². The van der Waals surface area contributed by atoms with E-state index >= 15 is 0 Å². The molecule has 3 amide bonds. The molecule has 0 aliphatic heterocycles. The molecule has 0 saturated heterocycles. The molecule has 0 aromatic heterocycles. The van der Waals surface area contributed by atoms with Crippen LogP contribution >= 0.6 is 0 Å². The summed E-state index contributed by atoms with van der Waals surface area (Å²) in [7, 11) is -3.62. The van der Waals surface area contributed by atoms with Gasteiger partial charge in [-0.1, -0.05) is 68.4 Å². The van der Waals surface area contributed by atoms with Gasteiger partial charge in [0.25, 0.3) is 5.91 Å². The first-order valence-electron chi connectivity index (χ1n) is 14.5. The minimum absolute atomic E-state index is 0.0543. The van der Waals surface area contributed by atoms with E-state index in [2.05, 4.69) is 26.0 Å². The molecule has 8 N–H and O–H groups in total. The fourth-order valence-electron chi connectivity index (χ4n) is 4.59. The molecule has 0 aliphatic carbocycles. The van der Waals surface area contributed by atoms with Gasteiger partial charge in [0.15, 0.2) is 0 Å². The van der Waals surface area contributed by atoms with Crippen LogP contribution in [0.25, 0.3) is 0 Å². The van der Waals surface area contributed by atoms with E-state index < -0.39 is 70.2 Å². The van der Waals surface area contributed by atoms with Crippen LogP contribution in [0.2, 0.25) is 0 Å². The van der Waals surface area contributed by atoms with Crippen LogP contribution < -0.4 is 26.6 Å². The van der Waals surface area contributed by atoms with Crippen molar-refractivity contribution in [1.82, 2.24) is 20.9 Å². The van der Waals surface area contributed by atoms with E-state index in [1.54, 1.807) is 48.5 Å². The highest BCUT2D eigenvalue weighted by atomic mass is 32.2. The van der Waals surface area contributed by atoms with Crippen LogP contribution in [0.1, 0.15) is 37.0 Å². The van der Waals surface area contributed by atoms with Crippen LogP contribution in [0.3, 0.4) is 0 Å². The van der Waals surface area contributed by atoms with Crippen LogP contribution in [-0.4, -0.2) is 85.2 Å². The number of hydrogen-bond acceptors (Lipinski definition) is 10. The fourth-order valence-corrected chi connectivity index (χ4v) is 5.44. The number of rotatable bonds is 18. The number of benzene rings is 2. The Balaban J connectivity index is 2.20. The summed E-state index contributed by atoms with van der Waals surface area (Å²) in [6.07, 6.45) is -0.158. The first-order chi connectivity index (χ1) is 21.3. The summed E-state index contributed by atoms with van der Waals surface area (Å²) >= 11 is 0. The number of amides is 3. The van der Waals surface area contributed by atoms with Crippen molar-refractivity contribution in [3.8, 4) is 0 Å². The molecule has 2 aromatic rings. The zero-order valence-corrected chi connectivity index (χ0v) is 26.5. The van der Waals surface area contributed by atoms with E-state index in [0.29, 0.717) is 12.1 Å². The maximum Gasteiger partial charge on any atom is 0.253 e. The summed E-state index contributed by atoms with van der Waals surface area (Å²) in [6.45, 7) is 3.17. The predicted molar refractivity (Wildman–Crippen MR) is 167 cm³/mol. The molecule has 5 atom stereocenters. The average Bonchev–Trinajstić information content (AvgIpc) is 2.98. The van der Waals surface area contributed by atoms with Crippen LogP contribution in [-0.2, 0) is 43.6 Å². The van der Waals surface area contributed by atoms with Crippen molar-refractivity contribution in [3.63, 3.8) is 0 Å². The summed E-state index contributed by atoms with van der Waals surface area (Å²) in [5, 5.41) is 32.1. The van der Waals surface area contributed by atoms with Crippen molar-refractivity contribution in [3.05, 3.63) is 71.3 Å². The lowest BCUT2D eigenvalue weighted by molar-refractivity contribution is -0.133. The van der Waals surface area contributed by atoms with E-state index in [-0.39, 0.29) is 25.2 Å². The van der Waals surface area contributed by atoms with Crippen molar-refractivity contribution >= 4 is 27.6 Å². The van der Waals surface area contributed by atoms with Gasteiger partial charge in [-0.25, -0.2) is 8.42 Å². The maximum absolute atomic E-state index is 13.3. The molecule has 0 heterocycles. The molecule has 0 unspecified atom stereocenters. The van der Waals surface area contributed by atoms with Gasteiger partial charge >= 0.3 is 0 Å². The number of aliphatic hydroxyl groups is 2. The lowest BCUT2D eigenvalue weighted by Crippen LogP contribution is -2.58. The third-order valence-electron chi connectivity index (χ3n) is 6.91. The minimum atomic E-state index is -3.62. The van der Waals surface area contributed by atoms with Crippen LogP contribution in [0.5, 0.6) is 0 Å². The molecule has 246 valence electrons. The third-order valence-corrected chi connectivity index (χ3v) is 7.85. The highest BCUT2D eigenvalue weighted by molar-refractivity contribution is 7.90. The van der Waals surface area contributed by atoms with Gasteiger partial charge in [0.2, 0.25) is 22.8 Å². The molecule has 14 nitrogen and oxygen atoms in total. The van der Waals surface area contributed by atoms with Gasteiger partial charge in [-0.2, -0.15) is 0 Å². The van der Waals surface area contributed by atoms with Crippen molar-refractivity contribution in [2.45, 2.75) is 69.9 Å². The number of hydrogen-bond donors (Lipinski definition) is 7. The lowest BCUT2D eigenvalue weighted by atomic mass is 10.00. The van der Waals surface area contributed by atoms with E-state index in [4.69, 9.17) is 11.3 Å². The van der Waals surface area contributed by atoms with Gasteiger partial charge in [0, 0.05) is 19.2 Å². The van der Waals surface area contributed by atoms with Crippen molar-refractivity contribution in [2.24, 2.45) is 16.8 Å². The number of carbonyl (C=O) groups is 3. The molecule has 0 radical (unpaired) electrons. The van der Waals surface area contributed by atoms with Gasteiger partial charge in [-0.3, -0.25) is 14.4 Å². The largest absolute Gasteiger partial charge is 0.394 e. The zero-order chi connectivity index (χ0) is 33.6. The molecule has 0 spiro atoms. The Morgan fingerprint density at radius 1 is 0.889 bits per heavy atom. The number of nitrogens with one attached hydrogen (secondary N) is 4. The topological polar surface area (TPSA) is 238 Å². The number of nitrogens with zero attached hydrogens (tertiary/aromatic N) is 2. The maximum atomic E-state index is 13.3. The SMILES string of the molecule is CC(C)C[C@H](NC(=O)[C@H](Cc1ccccc1)N=[N+]=N)C(=O)N[C@@H](CO)C(=O)N[C@@H](Cc1ccc(CN)cc1)[C@@H](O)CS(C)(=O)=O. The molecule has 0 aliphatic rings. The molecule has 2 rings (SSSR count). The highest BCUT2D eigenvalue weighted by Crippen LogP contribution is 2.12. The molecular formula is C30H44N7O7S+. The first-order valence-corrected chi connectivity index (χ1v) is 16.6. The van der Waals surface area contributed by atoms with E-state index in [1.165, 1.54) is 0 Å². The van der Waals surface area contributed by atoms with Crippen LogP contribution in [0.4, 0.5) is 0 Å². The standard InChI is InChI=1S/C30H43N7O7S/c1-19(2)13-24(34-29(41)25(36-37-32)15-20-7-5-4-6-8-20)28(40)35-26(17-38)30(42)33-23(27(39)18-45(3,43)44)14-21-9-11-22(16-31)12-10-21/h4-12,19,23-27,32,38-39H,13-18,31H2,1-3H3,(H2-,33,34,35,40,41,42)/p+1/t23-,24-,25-,26-,27-/m0/s1. The molecule has 0 fully saturated rings. The summed E-state index contributed by atoms with van der Waals surface area (Å²) in [6, 6.07) is 11.2. The minimum Gasteiger partial charge on any atom is -0.394 e. The fraction of sp³-hybridized carbons (Fsp3) is 0.500. The smallest absolute Gasteiger partial charge is 0.253 e. The quantitative estimate of drug-likeness (QED) is 0.0840. The number of nitrogens with two attached hydrogens (primary N) is 1. The predicted octanol–water partition coefficient (Wildman–Crippen LogP) is -0.252. The Morgan fingerprint density at radius 3 is 1.98 bits per heavy atom. The summed E-state index contributed by atoms with van der Waals surface area (Å²) in [5.74, 6) is -2.95. The molecule has 0 saturated carbocycles. The molecule has 45 heavy (non-hydrogen) atoms.